The molecule has 0 bridgehead atoms. The highest BCUT2D eigenvalue weighted by Gasteiger charge is 2.35. The Labute approximate surface area is 184 Å². The van der Waals surface area contributed by atoms with Crippen LogP contribution in [-0.4, -0.2) is 55.2 Å². The standard InChI is InChI=1S/C23H25N3O4S/c1-29-11-9-24-22(27)21-20(16-4-2-3-5-19(16)31-21)15-8-10-26(13-15)23(28)17-12-18(30-25-17)14-6-7-14/h2-5,12,14-15H,6-11,13H2,1H3,(H,24,27)/t15-/m1/s1. The fourth-order valence-electron chi connectivity index (χ4n) is 4.28. The van der Waals surface area contributed by atoms with Gasteiger partial charge in [-0.25, -0.2) is 0 Å². The van der Waals surface area contributed by atoms with Crippen LogP contribution in [0.15, 0.2) is 34.9 Å². The van der Waals surface area contributed by atoms with Crippen molar-refractivity contribution in [2.45, 2.75) is 31.1 Å². The van der Waals surface area contributed by atoms with E-state index in [1.54, 1.807) is 13.2 Å². The number of aromatic nitrogens is 1. The van der Waals surface area contributed by atoms with E-state index in [-0.39, 0.29) is 17.7 Å². The van der Waals surface area contributed by atoms with Crippen molar-refractivity contribution in [3.05, 3.63) is 52.2 Å². The fraction of sp³-hybridized carbons (Fsp3) is 0.435. The van der Waals surface area contributed by atoms with Gasteiger partial charge in [-0.05, 0) is 36.3 Å². The lowest BCUT2D eigenvalue weighted by atomic mass is 9.95. The van der Waals surface area contributed by atoms with Crippen molar-refractivity contribution >= 4 is 33.2 Å². The molecule has 31 heavy (non-hydrogen) atoms. The van der Waals surface area contributed by atoms with Crippen LogP contribution in [0.1, 0.15) is 62.6 Å². The maximum absolute atomic E-state index is 13.0. The first-order valence-electron chi connectivity index (χ1n) is 10.7. The van der Waals surface area contributed by atoms with Crippen molar-refractivity contribution < 1.29 is 18.8 Å². The average Bonchev–Trinajstić information content (AvgIpc) is 3.19. The number of thiophene rings is 1. The molecule has 0 radical (unpaired) electrons. The molecule has 5 rings (SSSR count). The number of carbonyl (C=O) groups excluding carboxylic acids is 2. The van der Waals surface area contributed by atoms with E-state index < -0.39 is 0 Å². The smallest absolute Gasteiger partial charge is 0.276 e. The largest absolute Gasteiger partial charge is 0.383 e. The van der Waals surface area contributed by atoms with E-state index in [2.05, 4.69) is 16.5 Å². The molecule has 162 valence electrons. The molecule has 3 aromatic rings. The molecule has 7 nitrogen and oxygen atoms in total. The van der Waals surface area contributed by atoms with Crippen molar-refractivity contribution in [2.75, 3.05) is 33.4 Å². The second-order valence-corrected chi connectivity index (χ2v) is 9.27. The summed E-state index contributed by atoms with van der Waals surface area (Å²) in [6, 6.07) is 9.89. The number of rotatable bonds is 7. The van der Waals surface area contributed by atoms with Crippen LogP contribution in [0.3, 0.4) is 0 Å². The van der Waals surface area contributed by atoms with Crippen LogP contribution < -0.4 is 5.32 Å². The molecule has 2 aromatic heterocycles. The first-order valence-corrected chi connectivity index (χ1v) is 11.5. The molecule has 1 N–H and O–H groups in total. The van der Waals surface area contributed by atoms with Crippen molar-refractivity contribution in [1.82, 2.24) is 15.4 Å². The van der Waals surface area contributed by atoms with Crippen LogP contribution in [0.25, 0.3) is 10.1 Å². The highest BCUT2D eigenvalue weighted by atomic mass is 32.1. The Hall–Kier alpha value is -2.71. The zero-order chi connectivity index (χ0) is 21.4. The highest BCUT2D eigenvalue weighted by molar-refractivity contribution is 7.21. The van der Waals surface area contributed by atoms with E-state index in [4.69, 9.17) is 9.26 Å². The van der Waals surface area contributed by atoms with Gasteiger partial charge >= 0.3 is 0 Å². The second-order valence-electron chi connectivity index (χ2n) is 8.22. The van der Waals surface area contributed by atoms with E-state index in [1.807, 2.05) is 23.1 Å². The lowest BCUT2D eigenvalue weighted by Crippen LogP contribution is -2.29. The molecule has 2 fully saturated rings. The SMILES string of the molecule is COCCNC(=O)c1sc2ccccc2c1[C@@H]1CCN(C(=O)c2cc(C3CC3)on2)C1. The Kier molecular flexibility index (Phi) is 5.50. The molecular weight excluding hydrogens is 414 g/mol. The maximum Gasteiger partial charge on any atom is 0.276 e. The van der Waals surface area contributed by atoms with Gasteiger partial charge in [0.2, 0.25) is 0 Å². The molecule has 1 aromatic carbocycles. The number of ether oxygens (including phenoxy) is 1. The predicted octanol–water partition coefficient (Wildman–Crippen LogP) is 3.77. The van der Waals surface area contributed by atoms with Gasteiger partial charge < -0.3 is 19.5 Å². The quantitative estimate of drug-likeness (QED) is 0.567. The van der Waals surface area contributed by atoms with Crippen molar-refractivity contribution in [3.8, 4) is 0 Å². The number of likely N-dealkylation sites (tertiary alicyclic amines) is 1. The number of hydrogen-bond acceptors (Lipinski definition) is 6. The fourth-order valence-corrected chi connectivity index (χ4v) is 5.48. The van der Waals surface area contributed by atoms with Crippen LogP contribution in [0, 0.1) is 0 Å². The molecule has 8 heteroatoms. The molecule has 2 aliphatic rings. The first kappa shape index (κ1) is 20.2. The minimum absolute atomic E-state index is 0.0800. The summed E-state index contributed by atoms with van der Waals surface area (Å²) in [5.41, 5.74) is 1.43. The third kappa shape index (κ3) is 3.97. The molecular formula is C23H25N3O4S. The van der Waals surface area contributed by atoms with E-state index in [0.29, 0.717) is 37.9 Å². The lowest BCUT2D eigenvalue weighted by molar-refractivity contribution is 0.0780. The molecule has 1 atom stereocenters. The van der Waals surface area contributed by atoms with Crippen LogP contribution in [0.4, 0.5) is 0 Å². The molecule has 0 unspecified atom stereocenters. The number of nitrogens with zero attached hydrogens (tertiary/aromatic N) is 2. The number of methoxy groups -OCH3 is 1. The average molecular weight is 440 g/mol. The summed E-state index contributed by atoms with van der Waals surface area (Å²) in [5, 5.41) is 8.05. The van der Waals surface area contributed by atoms with E-state index in [9.17, 15) is 9.59 Å². The normalized spacial score (nSPS) is 18.6. The van der Waals surface area contributed by atoms with Crippen molar-refractivity contribution in [3.63, 3.8) is 0 Å². The molecule has 1 saturated heterocycles. The van der Waals surface area contributed by atoms with Crippen LogP contribution in [0.2, 0.25) is 0 Å². The maximum atomic E-state index is 13.0. The van der Waals surface area contributed by atoms with Gasteiger partial charge in [0, 0.05) is 49.3 Å². The molecule has 2 amide bonds. The van der Waals surface area contributed by atoms with Crippen molar-refractivity contribution in [2.24, 2.45) is 0 Å². The number of fused-ring (bicyclic) bond motifs is 1. The Morgan fingerprint density at radius 3 is 2.90 bits per heavy atom. The van der Waals surface area contributed by atoms with Gasteiger partial charge in [0.15, 0.2) is 5.69 Å². The van der Waals surface area contributed by atoms with Gasteiger partial charge in [-0.1, -0.05) is 23.4 Å². The van der Waals surface area contributed by atoms with Gasteiger partial charge in [0.25, 0.3) is 11.8 Å². The summed E-state index contributed by atoms with van der Waals surface area (Å²) < 4.78 is 11.5. The van der Waals surface area contributed by atoms with Crippen LogP contribution in [-0.2, 0) is 4.74 Å². The molecule has 3 heterocycles. The van der Waals surface area contributed by atoms with E-state index >= 15 is 0 Å². The summed E-state index contributed by atoms with van der Waals surface area (Å²) in [7, 11) is 1.61. The van der Waals surface area contributed by atoms with Gasteiger partial charge in [-0.3, -0.25) is 9.59 Å². The first-order chi connectivity index (χ1) is 15.2. The molecule has 1 aliphatic carbocycles. The number of benzene rings is 1. The predicted molar refractivity (Wildman–Crippen MR) is 118 cm³/mol. The van der Waals surface area contributed by atoms with Crippen LogP contribution >= 0.6 is 11.3 Å². The zero-order valence-electron chi connectivity index (χ0n) is 17.4. The third-order valence-electron chi connectivity index (χ3n) is 6.04. The summed E-state index contributed by atoms with van der Waals surface area (Å²) in [4.78, 5) is 28.5. The second kappa shape index (κ2) is 8.43. The minimum Gasteiger partial charge on any atom is -0.383 e. The van der Waals surface area contributed by atoms with E-state index in [0.717, 1.165) is 45.5 Å². The Balaban J connectivity index is 1.38. The zero-order valence-corrected chi connectivity index (χ0v) is 18.2. The lowest BCUT2D eigenvalue weighted by Gasteiger charge is -2.16. The minimum atomic E-state index is -0.0937. The van der Waals surface area contributed by atoms with E-state index in [1.165, 1.54) is 11.3 Å². The molecule has 0 spiro atoms. The number of amides is 2. The van der Waals surface area contributed by atoms with Gasteiger partial charge in [-0.2, -0.15) is 0 Å². The highest BCUT2D eigenvalue weighted by Crippen LogP contribution is 2.42. The van der Waals surface area contributed by atoms with Gasteiger partial charge in [-0.15, -0.1) is 11.3 Å². The molecule has 1 aliphatic heterocycles. The third-order valence-corrected chi connectivity index (χ3v) is 7.23. The number of carbonyl (C=O) groups is 2. The van der Waals surface area contributed by atoms with Crippen molar-refractivity contribution in [1.29, 1.82) is 0 Å². The van der Waals surface area contributed by atoms with Gasteiger partial charge in [0.1, 0.15) is 5.76 Å². The molecule has 1 saturated carbocycles. The Morgan fingerprint density at radius 1 is 1.26 bits per heavy atom. The monoisotopic (exact) mass is 439 g/mol. The van der Waals surface area contributed by atoms with Gasteiger partial charge in [0.05, 0.1) is 11.5 Å². The van der Waals surface area contributed by atoms with Crippen LogP contribution in [0.5, 0.6) is 0 Å². The number of hydrogen-bond donors (Lipinski definition) is 1. The summed E-state index contributed by atoms with van der Waals surface area (Å²) in [6.45, 7) is 2.15. The summed E-state index contributed by atoms with van der Waals surface area (Å²) in [5.74, 6) is 1.18. The Bertz CT molecular complexity index is 1120. The summed E-state index contributed by atoms with van der Waals surface area (Å²) in [6.07, 6.45) is 3.03. The topological polar surface area (TPSA) is 84.7 Å². The summed E-state index contributed by atoms with van der Waals surface area (Å²) >= 11 is 1.51. The Morgan fingerprint density at radius 2 is 2.10 bits per heavy atom. The number of nitrogens with one attached hydrogen (secondary N) is 1.